The van der Waals surface area contributed by atoms with Gasteiger partial charge in [-0.2, -0.15) is 0 Å². The van der Waals surface area contributed by atoms with Crippen molar-refractivity contribution in [3.05, 3.63) is 28.4 Å². The van der Waals surface area contributed by atoms with Gasteiger partial charge in [-0.15, -0.1) is 0 Å². The minimum absolute atomic E-state index is 0.723. The van der Waals surface area contributed by atoms with Crippen LogP contribution in [0.4, 0.5) is 0 Å². The molecule has 0 spiro atoms. The summed E-state index contributed by atoms with van der Waals surface area (Å²) in [6.45, 7) is 3.79. The van der Waals surface area contributed by atoms with Gasteiger partial charge in [0.1, 0.15) is 6.61 Å². The molecule has 0 bridgehead atoms. The third kappa shape index (κ3) is 1.35. The molecule has 4 heteroatoms. The summed E-state index contributed by atoms with van der Waals surface area (Å²) in [5.41, 5.74) is 4.17. The van der Waals surface area contributed by atoms with Gasteiger partial charge in [0, 0.05) is 24.0 Å². The SMILES string of the molecule is Clc1ccc2c3c(n4c2c1OCC4)CCNCC3. The molecule has 4 rings (SSSR count). The molecule has 0 saturated heterocycles. The summed E-state index contributed by atoms with van der Waals surface area (Å²) in [6.07, 6.45) is 2.20. The van der Waals surface area contributed by atoms with Gasteiger partial charge in [-0.3, -0.25) is 0 Å². The second kappa shape index (κ2) is 3.90. The highest BCUT2D eigenvalue weighted by atomic mass is 35.5. The first-order chi connectivity index (χ1) is 8.86. The molecule has 18 heavy (non-hydrogen) atoms. The second-order valence-corrected chi connectivity index (χ2v) is 5.36. The van der Waals surface area contributed by atoms with Crippen molar-refractivity contribution >= 4 is 22.5 Å². The average Bonchev–Trinajstić information content (AvgIpc) is 2.57. The highest BCUT2D eigenvalue weighted by molar-refractivity contribution is 6.33. The van der Waals surface area contributed by atoms with Crippen molar-refractivity contribution in [2.75, 3.05) is 19.7 Å². The highest BCUT2D eigenvalue weighted by Crippen LogP contribution is 2.40. The summed E-state index contributed by atoms with van der Waals surface area (Å²) in [5, 5.41) is 5.53. The number of benzene rings is 1. The molecule has 0 unspecified atom stereocenters. The summed E-state index contributed by atoms with van der Waals surface area (Å²) in [5.74, 6) is 0.876. The third-order valence-electron chi connectivity index (χ3n) is 4.00. The predicted octanol–water partition coefficient (Wildman–Crippen LogP) is 2.38. The molecule has 1 aromatic carbocycles. The van der Waals surface area contributed by atoms with E-state index in [4.69, 9.17) is 16.3 Å². The van der Waals surface area contributed by atoms with Crippen molar-refractivity contribution in [2.45, 2.75) is 19.4 Å². The second-order valence-electron chi connectivity index (χ2n) is 4.95. The zero-order valence-corrected chi connectivity index (χ0v) is 10.9. The fourth-order valence-electron chi connectivity index (χ4n) is 3.24. The topological polar surface area (TPSA) is 26.2 Å². The lowest BCUT2D eigenvalue weighted by Crippen LogP contribution is -2.19. The lowest BCUT2D eigenvalue weighted by molar-refractivity contribution is 0.285. The van der Waals surface area contributed by atoms with Crippen LogP contribution in [0.1, 0.15) is 11.3 Å². The van der Waals surface area contributed by atoms with Gasteiger partial charge in [0.25, 0.3) is 0 Å². The van der Waals surface area contributed by atoms with E-state index in [1.807, 2.05) is 6.07 Å². The van der Waals surface area contributed by atoms with Crippen molar-refractivity contribution in [1.82, 2.24) is 9.88 Å². The Kier molecular flexibility index (Phi) is 2.32. The van der Waals surface area contributed by atoms with Crippen LogP contribution in [-0.2, 0) is 19.4 Å². The van der Waals surface area contributed by atoms with Crippen molar-refractivity contribution in [1.29, 1.82) is 0 Å². The molecule has 1 aromatic heterocycles. The maximum absolute atomic E-state index is 6.25. The third-order valence-corrected chi connectivity index (χ3v) is 4.30. The number of halogens is 1. The summed E-state index contributed by atoms with van der Waals surface area (Å²) >= 11 is 6.25. The largest absolute Gasteiger partial charge is 0.488 e. The van der Waals surface area contributed by atoms with Crippen LogP contribution in [0.25, 0.3) is 10.9 Å². The Balaban J connectivity index is 2.10. The molecule has 0 atom stereocenters. The van der Waals surface area contributed by atoms with E-state index >= 15 is 0 Å². The maximum Gasteiger partial charge on any atom is 0.162 e. The number of fused-ring (bicyclic) bond motifs is 3. The Morgan fingerprint density at radius 1 is 1.22 bits per heavy atom. The zero-order valence-electron chi connectivity index (χ0n) is 10.1. The predicted molar refractivity (Wildman–Crippen MR) is 72.7 cm³/mol. The van der Waals surface area contributed by atoms with E-state index < -0.39 is 0 Å². The molecule has 0 fully saturated rings. The lowest BCUT2D eigenvalue weighted by Gasteiger charge is -2.20. The maximum atomic E-state index is 6.25. The number of hydrogen-bond donors (Lipinski definition) is 1. The smallest absolute Gasteiger partial charge is 0.162 e. The van der Waals surface area contributed by atoms with Gasteiger partial charge < -0.3 is 14.6 Å². The van der Waals surface area contributed by atoms with Gasteiger partial charge in [-0.25, -0.2) is 0 Å². The monoisotopic (exact) mass is 262 g/mol. The zero-order chi connectivity index (χ0) is 12.1. The van der Waals surface area contributed by atoms with E-state index in [9.17, 15) is 0 Å². The molecule has 94 valence electrons. The number of ether oxygens (including phenoxy) is 1. The first kappa shape index (κ1) is 10.7. The lowest BCUT2D eigenvalue weighted by atomic mass is 10.1. The van der Waals surface area contributed by atoms with Gasteiger partial charge in [0.2, 0.25) is 0 Å². The first-order valence-electron chi connectivity index (χ1n) is 6.52. The number of nitrogens with one attached hydrogen (secondary N) is 1. The summed E-state index contributed by atoms with van der Waals surface area (Å²) in [6, 6.07) is 4.12. The van der Waals surface area contributed by atoms with E-state index in [0.29, 0.717) is 0 Å². The van der Waals surface area contributed by atoms with Crippen LogP contribution in [0.15, 0.2) is 12.1 Å². The Hall–Kier alpha value is -1.19. The van der Waals surface area contributed by atoms with Gasteiger partial charge >= 0.3 is 0 Å². The Morgan fingerprint density at radius 2 is 2.11 bits per heavy atom. The van der Waals surface area contributed by atoms with Crippen LogP contribution in [0, 0.1) is 0 Å². The van der Waals surface area contributed by atoms with Crippen LogP contribution in [0.3, 0.4) is 0 Å². The molecular weight excluding hydrogens is 248 g/mol. The van der Waals surface area contributed by atoms with Crippen LogP contribution < -0.4 is 10.1 Å². The van der Waals surface area contributed by atoms with Crippen molar-refractivity contribution in [3.63, 3.8) is 0 Å². The minimum atomic E-state index is 0.723. The fraction of sp³-hybridized carbons (Fsp3) is 0.429. The Morgan fingerprint density at radius 3 is 3.06 bits per heavy atom. The fourth-order valence-corrected chi connectivity index (χ4v) is 3.45. The summed E-state index contributed by atoms with van der Waals surface area (Å²) in [4.78, 5) is 0. The van der Waals surface area contributed by atoms with Gasteiger partial charge in [-0.05, 0) is 24.6 Å². The summed E-state index contributed by atoms with van der Waals surface area (Å²) < 4.78 is 8.19. The van der Waals surface area contributed by atoms with Crippen LogP contribution >= 0.6 is 11.6 Å². The number of nitrogens with zero attached hydrogens (tertiary/aromatic N) is 1. The normalized spacial score (nSPS) is 18.3. The molecule has 0 aliphatic carbocycles. The van der Waals surface area contributed by atoms with Crippen LogP contribution in [-0.4, -0.2) is 24.3 Å². The van der Waals surface area contributed by atoms with Crippen molar-refractivity contribution < 1.29 is 4.74 Å². The molecule has 3 heterocycles. The highest BCUT2D eigenvalue weighted by Gasteiger charge is 2.25. The number of hydrogen-bond acceptors (Lipinski definition) is 2. The quantitative estimate of drug-likeness (QED) is 0.789. The molecule has 0 saturated carbocycles. The Bertz CT molecular complexity index is 632. The summed E-state index contributed by atoms with van der Waals surface area (Å²) in [7, 11) is 0. The van der Waals surface area contributed by atoms with Crippen molar-refractivity contribution in [3.8, 4) is 5.75 Å². The average molecular weight is 263 g/mol. The van der Waals surface area contributed by atoms with Crippen molar-refractivity contribution in [2.24, 2.45) is 0 Å². The van der Waals surface area contributed by atoms with Gasteiger partial charge in [-0.1, -0.05) is 17.7 Å². The van der Waals surface area contributed by atoms with E-state index in [1.54, 1.807) is 0 Å². The standard InChI is InChI=1S/C14H15ClN2O/c15-11-2-1-10-9-3-5-16-6-4-12(9)17-7-8-18-14(11)13(10)17/h1-2,16H,3-8H2. The Labute approximate surface area is 111 Å². The molecule has 2 aromatic rings. The molecular formula is C14H15ClN2O. The molecule has 0 radical (unpaired) electrons. The van der Waals surface area contributed by atoms with Gasteiger partial charge in [0.05, 0.1) is 17.1 Å². The molecule has 2 aliphatic heterocycles. The molecule has 3 nitrogen and oxygen atoms in total. The molecule has 0 amide bonds. The molecule has 1 N–H and O–H groups in total. The number of rotatable bonds is 0. The van der Waals surface area contributed by atoms with E-state index in [-0.39, 0.29) is 0 Å². The molecule has 2 aliphatic rings. The number of aromatic nitrogens is 1. The first-order valence-corrected chi connectivity index (χ1v) is 6.90. The van der Waals surface area contributed by atoms with E-state index in [1.165, 1.54) is 22.2 Å². The van der Waals surface area contributed by atoms with E-state index in [2.05, 4.69) is 16.0 Å². The van der Waals surface area contributed by atoms with Crippen LogP contribution in [0.5, 0.6) is 5.75 Å². The van der Waals surface area contributed by atoms with Crippen LogP contribution in [0.2, 0.25) is 5.02 Å². The van der Waals surface area contributed by atoms with Gasteiger partial charge in [0.15, 0.2) is 5.75 Å². The van der Waals surface area contributed by atoms with E-state index in [0.717, 1.165) is 49.9 Å². The minimum Gasteiger partial charge on any atom is -0.488 e.